The molecule has 1 heterocycles. The number of nitrogens with zero attached hydrogens (tertiary/aromatic N) is 2. The van der Waals surface area contributed by atoms with Gasteiger partial charge in [-0.3, -0.25) is 4.98 Å². The van der Waals surface area contributed by atoms with E-state index in [0.29, 0.717) is 5.02 Å². The van der Waals surface area contributed by atoms with Crippen molar-refractivity contribution in [2.75, 3.05) is 7.05 Å². The van der Waals surface area contributed by atoms with Gasteiger partial charge in [-0.1, -0.05) is 11.6 Å². The molecule has 0 fully saturated rings. The summed E-state index contributed by atoms with van der Waals surface area (Å²) in [6, 6.07) is 3.51. The van der Waals surface area contributed by atoms with E-state index in [-0.39, 0.29) is 10.8 Å². The Morgan fingerprint density at radius 1 is 1.47 bits per heavy atom. The molecule has 1 aromatic heterocycles. The molecule has 5 heteroatoms. The summed E-state index contributed by atoms with van der Waals surface area (Å²) < 4.78 is 13.8. The molecule has 0 aliphatic carbocycles. The molecule has 0 unspecified atom stereocenters. The first-order valence-corrected chi connectivity index (χ1v) is 6.98. The van der Waals surface area contributed by atoms with Gasteiger partial charge >= 0.3 is 0 Å². The fourth-order valence-electron chi connectivity index (χ4n) is 1.41. The smallest absolute Gasteiger partial charge is 0.100 e. The van der Waals surface area contributed by atoms with E-state index in [4.69, 9.17) is 11.6 Å². The Hall–Kier alpha value is -0.450. The zero-order valence-electron chi connectivity index (χ0n) is 10.9. The summed E-state index contributed by atoms with van der Waals surface area (Å²) in [4.78, 5) is 4.26. The highest BCUT2D eigenvalue weighted by molar-refractivity contribution is 7.84. The van der Waals surface area contributed by atoms with E-state index in [0.717, 1.165) is 5.69 Å². The van der Waals surface area contributed by atoms with Crippen molar-refractivity contribution in [3.05, 3.63) is 29.0 Å². The second-order valence-corrected chi connectivity index (χ2v) is 7.72. The van der Waals surface area contributed by atoms with Crippen molar-refractivity contribution in [2.45, 2.75) is 38.5 Å². The monoisotopic (exact) mass is 274 g/mol. The second kappa shape index (κ2) is 5.46. The molecule has 0 spiro atoms. The molecule has 0 aromatic carbocycles. The van der Waals surface area contributed by atoms with Crippen LogP contribution in [-0.2, 0) is 11.0 Å². The zero-order valence-corrected chi connectivity index (χ0v) is 12.5. The molecule has 1 aromatic rings. The van der Waals surface area contributed by atoms with E-state index in [9.17, 15) is 4.21 Å². The van der Waals surface area contributed by atoms with Gasteiger partial charge in [-0.15, -0.1) is 0 Å². The Kier molecular flexibility index (Phi) is 4.69. The molecular formula is C12H19ClN2OS. The molecule has 0 bridgehead atoms. The fraction of sp³-hybridized carbons (Fsp3) is 0.583. The van der Waals surface area contributed by atoms with Crippen LogP contribution in [0.2, 0.25) is 5.02 Å². The predicted molar refractivity (Wildman–Crippen MR) is 73.3 cm³/mol. The molecule has 0 N–H and O–H groups in total. The van der Waals surface area contributed by atoms with Crippen LogP contribution in [-0.4, -0.2) is 25.3 Å². The average Bonchev–Trinajstić information content (AvgIpc) is 2.25. The van der Waals surface area contributed by atoms with Crippen LogP contribution in [0, 0.1) is 0 Å². The quantitative estimate of drug-likeness (QED) is 0.848. The van der Waals surface area contributed by atoms with Crippen molar-refractivity contribution in [1.82, 2.24) is 9.29 Å². The first-order valence-electron chi connectivity index (χ1n) is 5.49. The molecule has 2 atom stereocenters. The molecular weight excluding hydrogens is 256 g/mol. The van der Waals surface area contributed by atoms with E-state index in [1.807, 2.05) is 45.1 Å². The minimum Gasteiger partial charge on any atom is -0.259 e. The maximum atomic E-state index is 12.2. The SMILES string of the molecule is C[C@H](c1cc(Cl)ccn1)N(C)[S@](=O)C(C)(C)C. The van der Waals surface area contributed by atoms with Crippen LogP contribution in [0.15, 0.2) is 18.3 Å². The normalized spacial score (nSPS) is 15.9. The van der Waals surface area contributed by atoms with Gasteiger partial charge in [0, 0.05) is 18.3 Å². The molecule has 0 radical (unpaired) electrons. The maximum Gasteiger partial charge on any atom is 0.100 e. The lowest BCUT2D eigenvalue weighted by Gasteiger charge is -2.29. The van der Waals surface area contributed by atoms with Crippen molar-refractivity contribution in [2.24, 2.45) is 0 Å². The molecule has 0 saturated heterocycles. The van der Waals surface area contributed by atoms with Gasteiger partial charge in [-0.05, 0) is 39.8 Å². The Balaban J connectivity index is 2.91. The molecule has 96 valence electrons. The van der Waals surface area contributed by atoms with Crippen LogP contribution in [0.4, 0.5) is 0 Å². The first-order chi connectivity index (χ1) is 7.73. The lowest BCUT2D eigenvalue weighted by molar-refractivity contribution is 0.410. The van der Waals surface area contributed by atoms with Gasteiger partial charge < -0.3 is 0 Å². The first kappa shape index (κ1) is 14.6. The molecule has 17 heavy (non-hydrogen) atoms. The van der Waals surface area contributed by atoms with Crippen LogP contribution in [0.3, 0.4) is 0 Å². The Bertz CT molecular complexity index is 417. The summed E-state index contributed by atoms with van der Waals surface area (Å²) in [5.74, 6) is 0. The molecule has 0 amide bonds. The predicted octanol–water partition coefficient (Wildman–Crippen LogP) is 3.19. The van der Waals surface area contributed by atoms with Crippen LogP contribution < -0.4 is 0 Å². The van der Waals surface area contributed by atoms with Gasteiger partial charge in [0.2, 0.25) is 0 Å². The highest BCUT2D eigenvalue weighted by atomic mass is 35.5. The van der Waals surface area contributed by atoms with E-state index in [2.05, 4.69) is 4.98 Å². The average molecular weight is 275 g/mol. The third-order valence-electron chi connectivity index (χ3n) is 2.50. The standard InChI is InChI=1S/C12H19ClN2OS/c1-9(11-8-10(13)6-7-14-11)15(5)17(16)12(2,3)4/h6-9H,1-5H3/t9-,17-/m1/s1. The van der Waals surface area contributed by atoms with Crippen molar-refractivity contribution in [3.8, 4) is 0 Å². The summed E-state index contributed by atoms with van der Waals surface area (Å²) in [6.45, 7) is 7.84. The third-order valence-corrected chi connectivity index (χ3v) is 4.62. The highest BCUT2D eigenvalue weighted by Crippen LogP contribution is 2.25. The van der Waals surface area contributed by atoms with E-state index in [1.54, 1.807) is 12.3 Å². The molecule has 0 aliphatic heterocycles. The van der Waals surface area contributed by atoms with Crippen LogP contribution in [0.1, 0.15) is 39.4 Å². The van der Waals surface area contributed by atoms with Crippen molar-refractivity contribution in [1.29, 1.82) is 0 Å². The number of aromatic nitrogens is 1. The zero-order chi connectivity index (χ0) is 13.2. The summed E-state index contributed by atoms with van der Waals surface area (Å²) in [7, 11) is 0.773. The molecule has 1 rings (SSSR count). The van der Waals surface area contributed by atoms with E-state index in [1.165, 1.54) is 0 Å². The lowest BCUT2D eigenvalue weighted by atomic mass is 10.2. The van der Waals surface area contributed by atoms with Crippen LogP contribution in [0.25, 0.3) is 0 Å². The summed E-state index contributed by atoms with van der Waals surface area (Å²) >= 11 is 5.93. The minimum atomic E-state index is -1.07. The van der Waals surface area contributed by atoms with Crippen LogP contribution >= 0.6 is 11.6 Å². The minimum absolute atomic E-state index is 0.0336. The Morgan fingerprint density at radius 3 is 2.53 bits per heavy atom. The van der Waals surface area contributed by atoms with Gasteiger partial charge in [0.15, 0.2) is 0 Å². The number of hydrogen-bond acceptors (Lipinski definition) is 2. The lowest BCUT2D eigenvalue weighted by Crippen LogP contribution is -2.36. The maximum absolute atomic E-state index is 12.2. The summed E-state index contributed by atoms with van der Waals surface area (Å²) in [5.41, 5.74) is 0.831. The topological polar surface area (TPSA) is 33.2 Å². The second-order valence-electron chi connectivity index (χ2n) is 4.98. The Labute approximate surface area is 111 Å². The number of halogens is 1. The van der Waals surface area contributed by atoms with Gasteiger partial charge in [0.1, 0.15) is 11.0 Å². The fourth-order valence-corrected chi connectivity index (χ4v) is 2.84. The van der Waals surface area contributed by atoms with Crippen molar-refractivity contribution < 1.29 is 4.21 Å². The largest absolute Gasteiger partial charge is 0.259 e. The van der Waals surface area contributed by atoms with Gasteiger partial charge in [-0.25, -0.2) is 8.51 Å². The van der Waals surface area contributed by atoms with E-state index < -0.39 is 11.0 Å². The molecule has 0 saturated carbocycles. The van der Waals surface area contributed by atoms with E-state index >= 15 is 0 Å². The third kappa shape index (κ3) is 3.76. The van der Waals surface area contributed by atoms with Crippen LogP contribution in [0.5, 0.6) is 0 Å². The van der Waals surface area contributed by atoms with Gasteiger partial charge in [-0.2, -0.15) is 0 Å². The van der Waals surface area contributed by atoms with Crippen molar-refractivity contribution in [3.63, 3.8) is 0 Å². The van der Waals surface area contributed by atoms with Crippen molar-refractivity contribution >= 4 is 22.6 Å². The molecule has 0 aliphatic rings. The highest BCUT2D eigenvalue weighted by Gasteiger charge is 2.27. The van der Waals surface area contributed by atoms with Gasteiger partial charge in [0.05, 0.1) is 16.5 Å². The summed E-state index contributed by atoms with van der Waals surface area (Å²) in [5, 5.41) is 0.650. The van der Waals surface area contributed by atoms with Gasteiger partial charge in [0.25, 0.3) is 0 Å². The number of pyridine rings is 1. The Morgan fingerprint density at radius 2 is 2.06 bits per heavy atom. The summed E-state index contributed by atoms with van der Waals surface area (Å²) in [6.07, 6.45) is 1.67. The number of rotatable bonds is 3. The number of hydrogen-bond donors (Lipinski definition) is 0. The molecule has 3 nitrogen and oxygen atoms in total.